The summed E-state index contributed by atoms with van der Waals surface area (Å²) in [5, 5.41) is 5.66. The number of urea groups is 1. The number of hydrogen-bond acceptors (Lipinski definition) is 4. The Balaban J connectivity index is 1.42. The molecule has 2 aromatic carbocycles. The quantitative estimate of drug-likeness (QED) is 0.536. The van der Waals surface area contributed by atoms with Crippen LogP contribution in [0, 0.1) is 5.92 Å². The molecule has 2 fully saturated rings. The van der Waals surface area contributed by atoms with Crippen LogP contribution in [0.5, 0.6) is 0 Å². The third kappa shape index (κ3) is 4.02. The SMILES string of the molecule is C[C@@H]1CCCC[C@]12NC(=O)N(CCC(=O)Nc1ccccc1C(=O)c1ccccc1)C2=O. The smallest absolute Gasteiger partial charge is 0.325 e. The molecular weight excluding hydrogens is 406 g/mol. The zero-order valence-electron chi connectivity index (χ0n) is 18.1. The van der Waals surface area contributed by atoms with Gasteiger partial charge >= 0.3 is 6.03 Å². The fourth-order valence-corrected chi connectivity index (χ4v) is 4.66. The van der Waals surface area contributed by atoms with Crippen LogP contribution >= 0.6 is 0 Å². The molecule has 0 unspecified atom stereocenters. The van der Waals surface area contributed by atoms with Crippen molar-refractivity contribution in [3.8, 4) is 0 Å². The van der Waals surface area contributed by atoms with E-state index in [-0.39, 0.29) is 36.5 Å². The number of nitrogens with one attached hydrogen (secondary N) is 2. The molecule has 4 amide bonds. The number of carbonyl (C=O) groups is 4. The van der Waals surface area contributed by atoms with E-state index in [1.807, 2.05) is 13.0 Å². The van der Waals surface area contributed by atoms with Gasteiger partial charge in [-0.05, 0) is 30.9 Å². The lowest BCUT2D eigenvalue weighted by molar-refractivity contribution is -0.134. The maximum absolute atomic E-state index is 13.0. The lowest BCUT2D eigenvalue weighted by Crippen LogP contribution is -2.54. The fraction of sp³-hybridized carbons (Fsp3) is 0.360. The number of para-hydroxylation sites is 1. The Kier molecular flexibility index (Phi) is 6.08. The van der Waals surface area contributed by atoms with Crippen LogP contribution in [0.1, 0.15) is 54.9 Å². The van der Waals surface area contributed by atoms with Gasteiger partial charge in [-0.2, -0.15) is 0 Å². The van der Waals surface area contributed by atoms with E-state index in [4.69, 9.17) is 0 Å². The third-order valence-corrected chi connectivity index (χ3v) is 6.55. The van der Waals surface area contributed by atoms with Crippen molar-refractivity contribution in [3.63, 3.8) is 0 Å². The summed E-state index contributed by atoms with van der Waals surface area (Å²) in [6.07, 6.45) is 3.44. The molecule has 0 radical (unpaired) electrons. The second-order valence-corrected chi connectivity index (χ2v) is 8.54. The van der Waals surface area contributed by atoms with Crippen molar-refractivity contribution in [1.82, 2.24) is 10.2 Å². The Morgan fingerprint density at radius 3 is 2.53 bits per heavy atom. The summed E-state index contributed by atoms with van der Waals surface area (Å²) < 4.78 is 0. The number of imide groups is 1. The number of benzene rings is 2. The number of carbonyl (C=O) groups excluding carboxylic acids is 4. The van der Waals surface area contributed by atoms with Gasteiger partial charge in [0.05, 0.1) is 5.69 Å². The van der Waals surface area contributed by atoms with Crippen molar-refractivity contribution < 1.29 is 19.2 Å². The predicted molar refractivity (Wildman–Crippen MR) is 120 cm³/mol. The minimum absolute atomic E-state index is 0.000230. The van der Waals surface area contributed by atoms with E-state index < -0.39 is 11.6 Å². The van der Waals surface area contributed by atoms with E-state index in [0.29, 0.717) is 23.2 Å². The Morgan fingerprint density at radius 2 is 1.78 bits per heavy atom. The molecule has 1 heterocycles. The zero-order valence-corrected chi connectivity index (χ0v) is 18.1. The summed E-state index contributed by atoms with van der Waals surface area (Å²) >= 11 is 0. The number of amides is 4. The highest BCUT2D eigenvalue weighted by Gasteiger charge is 2.54. The van der Waals surface area contributed by atoms with Crippen LogP contribution in [0.2, 0.25) is 0 Å². The first-order valence-corrected chi connectivity index (χ1v) is 11.0. The van der Waals surface area contributed by atoms with Crippen LogP contribution in [0.3, 0.4) is 0 Å². The van der Waals surface area contributed by atoms with Crippen LogP contribution in [-0.4, -0.2) is 40.6 Å². The lowest BCUT2D eigenvalue weighted by Gasteiger charge is -2.36. The molecule has 4 rings (SSSR count). The molecule has 2 aromatic rings. The first kappa shape index (κ1) is 21.7. The molecule has 0 aromatic heterocycles. The van der Waals surface area contributed by atoms with Crippen molar-refractivity contribution in [2.75, 3.05) is 11.9 Å². The summed E-state index contributed by atoms with van der Waals surface area (Å²) in [7, 11) is 0. The average molecular weight is 434 g/mol. The molecule has 2 atom stereocenters. The molecule has 166 valence electrons. The van der Waals surface area contributed by atoms with Crippen molar-refractivity contribution in [1.29, 1.82) is 0 Å². The molecule has 7 nitrogen and oxygen atoms in total. The zero-order chi connectivity index (χ0) is 22.7. The van der Waals surface area contributed by atoms with Crippen molar-refractivity contribution >= 4 is 29.3 Å². The summed E-state index contributed by atoms with van der Waals surface area (Å²) in [5.74, 6) is -0.718. The van der Waals surface area contributed by atoms with Crippen molar-refractivity contribution in [2.24, 2.45) is 5.92 Å². The standard InChI is InChI=1S/C25H27N3O4/c1-17-9-7-8-15-25(17)23(31)28(24(32)27-25)16-14-21(29)26-20-13-6-5-12-19(20)22(30)18-10-3-2-4-11-18/h2-6,10-13,17H,7-9,14-16H2,1H3,(H,26,29)(H,27,32)/t17-,25+/m1/s1. The van der Waals surface area contributed by atoms with Gasteiger partial charge in [-0.1, -0.05) is 62.2 Å². The molecule has 1 saturated carbocycles. The lowest BCUT2D eigenvalue weighted by atomic mass is 9.73. The largest absolute Gasteiger partial charge is 0.325 e. The van der Waals surface area contributed by atoms with Crippen LogP contribution in [-0.2, 0) is 9.59 Å². The first-order valence-electron chi connectivity index (χ1n) is 11.0. The van der Waals surface area contributed by atoms with Crippen LogP contribution in [0.15, 0.2) is 54.6 Å². The van der Waals surface area contributed by atoms with Crippen molar-refractivity contribution in [2.45, 2.75) is 44.6 Å². The predicted octanol–water partition coefficient (Wildman–Crippen LogP) is 3.75. The summed E-state index contributed by atoms with van der Waals surface area (Å²) in [5.41, 5.74) is 0.485. The van der Waals surface area contributed by atoms with Crippen LogP contribution in [0.25, 0.3) is 0 Å². The molecule has 7 heteroatoms. The van der Waals surface area contributed by atoms with E-state index >= 15 is 0 Å². The second kappa shape index (κ2) is 8.94. The number of rotatable bonds is 6. The van der Waals surface area contributed by atoms with Crippen LogP contribution in [0.4, 0.5) is 10.5 Å². The van der Waals surface area contributed by atoms with E-state index in [0.717, 1.165) is 24.2 Å². The van der Waals surface area contributed by atoms with Crippen LogP contribution < -0.4 is 10.6 Å². The van der Waals surface area contributed by atoms with Gasteiger partial charge in [-0.25, -0.2) is 4.79 Å². The maximum atomic E-state index is 13.0. The highest BCUT2D eigenvalue weighted by Crippen LogP contribution is 2.38. The Bertz CT molecular complexity index is 1050. The number of anilines is 1. The normalized spacial score (nSPS) is 22.7. The summed E-state index contributed by atoms with van der Waals surface area (Å²) in [6.45, 7) is 1.99. The molecule has 2 aliphatic rings. The molecule has 0 bridgehead atoms. The van der Waals surface area contributed by atoms with Gasteiger partial charge in [0.1, 0.15) is 5.54 Å². The molecule has 32 heavy (non-hydrogen) atoms. The minimum Gasteiger partial charge on any atom is -0.325 e. The van der Waals surface area contributed by atoms with Gasteiger partial charge in [-0.15, -0.1) is 0 Å². The highest BCUT2D eigenvalue weighted by atomic mass is 16.2. The third-order valence-electron chi connectivity index (χ3n) is 6.55. The number of nitrogens with zero attached hydrogens (tertiary/aromatic N) is 1. The summed E-state index contributed by atoms with van der Waals surface area (Å²) in [6, 6.07) is 15.2. The second-order valence-electron chi connectivity index (χ2n) is 8.54. The van der Waals surface area contributed by atoms with Gasteiger partial charge in [0.15, 0.2) is 5.78 Å². The molecule has 1 aliphatic carbocycles. The number of hydrogen-bond donors (Lipinski definition) is 2. The summed E-state index contributed by atoms with van der Waals surface area (Å²) in [4.78, 5) is 52.2. The topological polar surface area (TPSA) is 95.6 Å². The molecule has 1 spiro atoms. The van der Waals surface area contributed by atoms with E-state index in [1.165, 1.54) is 0 Å². The van der Waals surface area contributed by atoms with Crippen molar-refractivity contribution in [3.05, 3.63) is 65.7 Å². The monoisotopic (exact) mass is 433 g/mol. The van der Waals surface area contributed by atoms with E-state index in [9.17, 15) is 19.2 Å². The number of ketones is 1. The molecule has 2 N–H and O–H groups in total. The maximum Gasteiger partial charge on any atom is 0.325 e. The van der Waals surface area contributed by atoms with Gasteiger partial charge in [0.25, 0.3) is 5.91 Å². The van der Waals surface area contributed by atoms with E-state index in [1.54, 1.807) is 48.5 Å². The highest BCUT2D eigenvalue weighted by molar-refractivity contribution is 6.14. The molecule has 1 saturated heterocycles. The Morgan fingerprint density at radius 1 is 1.06 bits per heavy atom. The Labute approximate surface area is 187 Å². The van der Waals surface area contributed by atoms with Gasteiger partial charge in [0, 0.05) is 24.1 Å². The first-order chi connectivity index (χ1) is 15.4. The minimum atomic E-state index is -0.833. The molecule has 1 aliphatic heterocycles. The average Bonchev–Trinajstić information content (AvgIpc) is 3.04. The molecular formula is C25H27N3O4. The van der Waals surface area contributed by atoms with Gasteiger partial charge < -0.3 is 10.6 Å². The Hall–Kier alpha value is -3.48. The van der Waals surface area contributed by atoms with Gasteiger partial charge in [0.2, 0.25) is 5.91 Å². The van der Waals surface area contributed by atoms with Gasteiger partial charge in [-0.3, -0.25) is 19.3 Å². The fourth-order valence-electron chi connectivity index (χ4n) is 4.66. The van der Waals surface area contributed by atoms with E-state index in [2.05, 4.69) is 10.6 Å².